The fourth-order valence-corrected chi connectivity index (χ4v) is 4.42. The lowest BCUT2D eigenvalue weighted by Gasteiger charge is -2.28. The third-order valence-corrected chi connectivity index (χ3v) is 6.25. The molecule has 0 aliphatic rings. The Bertz CT molecular complexity index is 910. The Labute approximate surface area is 179 Å². The molecular formula is C22H29ClN2O3S. The van der Waals surface area contributed by atoms with Crippen LogP contribution in [0.5, 0.6) is 0 Å². The Kier molecular flexibility index (Phi) is 8.11. The highest BCUT2D eigenvalue weighted by Gasteiger charge is 2.28. The van der Waals surface area contributed by atoms with Crippen molar-refractivity contribution in [1.29, 1.82) is 0 Å². The lowest BCUT2D eigenvalue weighted by atomic mass is 10.0. The maximum absolute atomic E-state index is 12.6. The van der Waals surface area contributed by atoms with Crippen molar-refractivity contribution in [1.82, 2.24) is 5.32 Å². The molecule has 2 rings (SSSR count). The average Bonchev–Trinajstić information content (AvgIpc) is 2.66. The van der Waals surface area contributed by atoms with E-state index in [2.05, 4.69) is 43.4 Å². The normalized spacial score (nSPS) is 12.6. The van der Waals surface area contributed by atoms with Crippen LogP contribution in [-0.4, -0.2) is 33.2 Å². The quantitative estimate of drug-likeness (QED) is 0.593. The van der Waals surface area contributed by atoms with Crippen molar-refractivity contribution < 1.29 is 13.2 Å². The van der Waals surface area contributed by atoms with E-state index in [1.54, 1.807) is 31.2 Å². The number of nitrogens with one attached hydrogen (secondary N) is 1. The molecule has 0 fully saturated rings. The number of carbonyl (C=O) groups is 1. The summed E-state index contributed by atoms with van der Waals surface area (Å²) >= 11 is 5.88. The maximum atomic E-state index is 12.6. The van der Waals surface area contributed by atoms with Crippen molar-refractivity contribution in [2.45, 2.75) is 45.6 Å². The van der Waals surface area contributed by atoms with Crippen molar-refractivity contribution in [3.05, 3.63) is 64.7 Å². The highest BCUT2D eigenvalue weighted by molar-refractivity contribution is 7.92. The van der Waals surface area contributed by atoms with Crippen molar-refractivity contribution >= 4 is 33.2 Å². The summed E-state index contributed by atoms with van der Waals surface area (Å²) in [4.78, 5) is 12.6. The van der Waals surface area contributed by atoms with E-state index < -0.39 is 16.1 Å². The van der Waals surface area contributed by atoms with E-state index >= 15 is 0 Å². The van der Waals surface area contributed by atoms with Gasteiger partial charge in [-0.2, -0.15) is 0 Å². The summed E-state index contributed by atoms with van der Waals surface area (Å²) in [6, 6.07) is 14.0. The lowest BCUT2D eigenvalue weighted by Crippen LogP contribution is -2.48. The zero-order valence-electron chi connectivity index (χ0n) is 17.4. The number of carbonyl (C=O) groups excluding carboxylic acids is 1. The molecule has 0 bridgehead atoms. The van der Waals surface area contributed by atoms with E-state index in [1.165, 1.54) is 11.1 Å². The molecule has 0 aliphatic carbocycles. The molecule has 1 unspecified atom stereocenters. The van der Waals surface area contributed by atoms with Gasteiger partial charge in [-0.25, -0.2) is 8.42 Å². The summed E-state index contributed by atoms with van der Waals surface area (Å²) in [5, 5.41) is 3.35. The number of hydrogen-bond donors (Lipinski definition) is 1. The molecule has 0 heterocycles. The summed E-state index contributed by atoms with van der Waals surface area (Å²) in [7, 11) is -3.63. The molecule has 29 heavy (non-hydrogen) atoms. The van der Waals surface area contributed by atoms with Crippen LogP contribution in [0.25, 0.3) is 0 Å². The molecule has 1 amide bonds. The van der Waals surface area contributed by atoms with Gasteiger partial charge in [0.15, 0.2) is 0 Å². The fraction of sp³-hybridized carbons (Fsp3) is 0.409. The number of hydrogen-bond acceptors (Lipinski definition) is 3. The second-order valence-electron chi connectivity index (χ2n) is 7.50. The van der Waals surface area contributed by atoms with Gasteiger partial charge in [0.05, 0.1) is 11.9 Å². The van der Waals surface area contributed by atoms with Crippen LogP contribution in [0, 0.1) is 0 Å². The summed E-state index contributed by atoms with van der Waals surface area (Å²) in [5.41, 5.74) is 2.93. The first-order chi connectivity index (χ1) is 13.6. The maximum Gasteiger partial charge on any atom is 0.243 e. The van der Waals surface area contributed by atoms with Crippen molar-refractivity contribution in [3.63, 3.8) is 0 Å². The highest BCUT2D eigenvalue weighted by atomic mass is 35.5. The Morgan fingerprint density at radius 1 is 1.03 bits per heavy atom. The van der Waals surface area contributed by atoms with Gasteiger partial charge in [0, 0.05) is 11.6 Å². The van der Waals surface area contributed by atoms with Gasteiger partial charge in [0.2, 0.25) is 15.9 Å². The zero-order valence-corrected chi connectivity index (χ0v) is 18.9. The standard InChI is InChI=1S/C22H29ClN2O3S/c1-16(2)19-9-7-18(8-10-19)6-5-15-24-22(26)17(3)25(29(4,27)28)21-13-11-20(23)12-14-21/h7-14,16-17H,5-6,15H2,1-4H3,(H,24,26). The van der Waals surface area contributed by atoms with E-state index in [1.807, 2.05) is 0 Å². The van der Waals surface area contributed by atoms with Crippen LogP contribution in [0.15, 0.2) is 48.5 Å². The number of aryl methyl sites for hydroxylation is 1. The van der Waals surface area contributed by atoms with Crippen molar-refractivity contribution in [2.24, 2.45) is 0 Å². The minimum Gasteiger partial charge on any atom is -0.354 e. The van der Waals surface area contributed by atoms with Crippen LogP contribution < -0.4 is 9.62 Å². The van der Waals surface area contributed by atoms with E-state index in [4.69, 9.17) is 11.6 Å². The van der Waals surface area contributed by atoms with Gasteiger partial charge in [-0.3, -0.25) is 9.10 Å². The Morgan fingerprint density at radius 2 is 1.62 bits per heavy atom. The SMILES string of the molecule is CC(C)c1ccc(CCCNC(=O)C(C)N(c2ccc(Cl)cc2)S(C)(=O)=O)cc1. The Balaban J connectivity index is 1.93. The number of nitrogens with zero attached hydrogens (tertiary/aromatic N) is 1. The summed E-state index contributed by atoms with van der Waals surface area (Å²) in [5.74, 6) is 0.170. The number of benzene rings is 2. The molecule has 0 radical (unpaired) electrons. The number of anilines is 1. The number of amides is 1. The first kappa shape index (κ1) is 23.2. The second-order valence-corrected chi connectivity index (χ2v) is 9.80. The lowest BCUT2D eigenvalue weighted by molar-refractivity contribution is -0.121. The smallest absolute Gasteiger partial charge is 0.243 e. The van der Waals surface area contributed by atoms with Gasteiger partial charge < -0.3 is 5.32 Å². The van der Waals surface area contributed by atoms with Crippen LogP contribution in [-0.2, 0) is 21.2 Å². The van der Waals surface area contributed by atoms with Gasteiger partial charge in [0.1, 0.15) is 6.04 Å². The monoisotopic (exact) mass is 436 g/mol. The number of sulfonamides is 1. The van der Waals surface area contributed by atoms with Crippen LogP contribution in [0.3, 0.4) is 0 Å². The molecule has 2 aromatic carbocycles. The first-order valence-electron chi connectivity index (χ1n) is 9.71. The van der Waals surface area contributed by atoms with Crippen LogP contribution in [0.4, 0.5) is 5.69 Å². The molecule has 5 nitrogen and oxygen atoms in total. The third kappa shape index (κ3) is 6.75. The predicted octanol–water partition coefficient (Wildman–Crippen LogP) is 4.37. The second kappa shape index (κ2) is 10.1. The van der Waals surface area contributed by atoms with Crippen LogP contribution in [0.1, 0.15) is 44.2 Å². The molecule has 0 saturated carbocycles. The van der Waals surface area contributed by atoms with E-state index in [0.29, 0.717) is 23.2 Å². The predicted molar refractivity (Wildman–Crippen MR) is 120 cm³/mol. The largest absolute Gasteiger partial charge is 0.354 e. The zero-order chi connectivity index (χ0) is 21.6. The highest BCUT2D eigenvalue weighted by Crippen LogP contribution is 2.23. The van der Waals surface area contributed by atoms with Gasteiger partial charge in [0.25, 0.3) is 0 Å². The molecule has 0 spiro atoms. The van der Waals surface area contributed by atoms with Gasteiger partial charge in [-0.1, -0.05) is 49.7 Å². The van der Waals surface area contributed by atoms with E-state index in [-0.39, 0.29) is 5.91 Å². The third-order valence-electron chi connectivity index (χ3n) is 4.76. The Morgan fingerprint density at radius 3 is 2.14 bits per heavy atom. The molecule has 158 valence electrons. The topological polar surface area (TPSA) is 66.5 Å². The molecule has 2 aromatic rings. The minimum absolute atomic E-state index is 0.333. The molecule has 0 aliphatic heterocycles. The minimum atomic E-state index is -3.63. The summed E-state index contributed by atoms with van der Waals surface area (Å²) in [6.07, 6.45) is 2.71. The summed E-state index contributed by atoms with van der Waals surface area (Å²) < 4.78 is 25.6. The molecule has 7 heteroatoms. The average molecular weight is 437 g/mol. The van der Waals surface area contributed by atoms with Crippen molar-refractivity contribution in [3.8, 4) is 0 Å². The molecule has 0 aromatic heterocycles. The first-order valence-corrected chi connectivity index (χ1v) is 11.9. The Hall–Kier alpha value is -2.05. The van der Waals surface area contributed by atoms with Crippen molar-refractivity contribution in [2.75, 3.05) is 17.1 Å². The van der Waals surface area contributed by atoms with Gasteiger partial charge in [-0.05, 0) is 61.1 Å². The van der Waals surface area contributed by atoms with E-state index in [9.17, 15) is 13.2 Å². The van der Waals surface area contributed by atoms with E-state index in [0.717, 1.165) is 23.4 Å². The summed E-state index contributed by atoms with van der Waals surface area (Å²) in [6.45, 7) is 6.38. The van der Waals surface area contributed by atoms with Crippen LogP contribution in [0.2, 0.25) is 5.02 Å². The van der Waals surface area contributed by atoms with Crippen LogP contribution >= 0.6 is 11.6 Å². The number of rotatable bonds is 9. The van der Waals surface area contributed by atoms with Gasteiger partial charge >= 0.3 is 0 Å². The molecule has 0 saturated heterocycles. The molecule has 1 N–H and O–H groups in total. The molecule has 1 atom stereocenters. The fourth-order valence-electron chi connectivity index (χ4n) is 3.12. The number of halogens is 1. The van der Waals surface area contributed by atoms with Gasteiger partial charge in [-0.15, -0.1) is 0 Å². The molecular weight excluding hydrogens is 408 g/mol.